The third-order valence-corrected chi connectivity index (χ3v) is 5.79. The number of carboxylic acids is 2. The average molecular weight is 531 g/mol. The second-order valence-corrected chi connectivity index (χ2v) is 8.91. The summed E-state index contributed by atoms with van der Waals surface area (Å²) in [6.07, 6.45) is 1.27. The van der Waals surface area contributed by atoms with Crippen LogP contribution < -0.4 is 21.7 Å². The molecule has 0 bridgehead atoms. The van der Waals surface area contributed by atoms with Gasteiger partial charge in [-0.25, -0.2) is 4.79 Å². The van der Waals surface area contributed by atoms with E-state index in [0.29, 0.717) is 11.3 Å². The highest BCUT2D eigenvalue weighted by Gasteiger charge is 2.30. The van der Waals surface area contributed by atoms with E-state index in [1.165, 1.54) is 36.0 Å². The van der Waals surface area contributed by atoms with Crippen LogP contribution in [0.15, 0.2) is 24.3 Å². The number of nitrogens with one attached hydrogen (secondary N) is 3. The van der Waals surface area contributed by atoms with Gasteiger partial charge in [0.2, 0.25) is 17.7 Å². The first-order chi connectivity index (χ1) is 16.5. The summed E-state index contributed by atoms with van der Waals surface area (Å²) >= 11 is 5.44. The third kappa shape index (κ3) is 10.9. The van der Waals surface area contributed by atoms with E-state index in [9.17, 15) is 34.2 Å². The normalized spacial score (nSPS) is 14.1. The number of phenols is 1. The number of phenolic OH excluding ortho intramolecular Hbond substituents is 1. The zero-order valence-electron chi connectivity index (χ0n) is 19.0. The van der Waals surface area contributed by atoms with Gasteiger partial charge >= 0.3 is 11.9 Å². The Kier molecular flexibility index (Phi) is 13.0. The van der Waals surface area contributed by atoms with Crippen molar-refractivity contribution in [1.29, 1.82) is 0 Å². The maximum Gasteiger partial charge on any atom is 0.326 e. The number of benzene rings is 1. The molecule has 0 spiro atoms. The number of aliphatic carboxylic acids is 2. The molecule has 0 heterocycles. The van der Waals surface area contributed by atoms with Crippen molar-refractivity contribution in [3.63, 3.8) is 0 Å². The second-order valence-electron chi connectivity index (χ2n) is 7.56. The van der Waals surface area contributed by atoms with Crippen molar-refractivity contribution in [3.05, 3.63) is 29.8 Å². The molecule has 0 aliphatic rings. The first kappa shape index (κ1) is 30.1. The van der Waals surface area contributed by atoms with E-state index in [4.69, 9.17) is 10.8 Å². The molecule has 4 unspecified atom stereocenters. The highest BCUT2D eigenvalue weighted by atomic mass is 32.2. The lowest BCUT2D eigenvalue weighted by molar-refractivity contribution is -0.142. The number of nitrogens with two attached hydrogens (primary N) is 1. The molecule has 8 N–H and O–H groups in total. The number of thiol groups is 1. The largest absolute Gasteiger partial charge is 0.508 e. The van der Waals surface area contributed by atoms with Crippen LogP contribution in [0.2, 0.25) is 0 Å². The number of thioether (sulfide) groups is 1. The molecule has 0 aromatic heterocycles. The molecule has 12 nitrogen and oxygen atoms in total. The van der Waals surface area contributed by atoms with Gasteiger partial charge in [-0.1, -0.05) is 12.1 Å². The Morgan fingerprint density at radius 1 is 0.943 bits per heavy atom. The molecule has 1 aromatic rings. The van der Waals surface area contributed by atoms with E-state index in [0.717, 1.165) is 0 Å². The Labute approximate surface area is 211 Å². The zero-order chi connectivity index (χ0) is 26.5. The van der Waals surface area contributed by atoms with Crippen molar-refractivity contribution in [2.45, 2.75) is 43.4 Å². The summed E-state index contributed by atoms with van der Waals surface area (Å²) in [4.78, 5) is 60.2. The van der Waals surface area contributed by atoms with Gasteiger partial charge in [0.05, 0.1) is 12.5 Å². The van der Waals surface area contributed by atoms with Gasteiger partial charge in [-0.2, -0.15) is 24.4 Å². The number of carboxylic acid groups (broad SMARTS) is 2. The molecule has 194 valence electrons. The van der Waals surface area contributed by atoms with Crippen LogP contribution in [-0.2, 0) is 30.4 Å². The van der Waals surface area contributed by atoms with Crippen LogP contribution in [0.5, 0.6) is 5.75 Å². The summed E-state index contributed by atoms with van der Waals surface area (Å²) in [5.41, 5.74) is 6.08. The van der Waals surface area contributed by atoms with Gasteiger partial charge in [0.1, 0.15) is 23.9 Å². The van der Waals surface area contributed by atoms with Crippen molar-refractivity contribution in [1.82, 2.24) is 16.0 Å². The first-order valence-electron chi connectivity index (χ1n) is 10.5. The molecule has 0 saturated carbocycles. The average Bonchev–Trinajstić information content (AvgIpc) is 2.79. The predicted molar refractivity (Wildman–Crippen MR) is 132 cm³/mol. The monoisotopic (exact) mass is 530 g/mol. The van der Waals surface area contributed by atoms with Crippen molar-refractivity contribution < 1.29 is 39.3 Å². The van der Waals surface area contributed by atoms with E-state index in [-0.39, 0.29) is 24.3 Å². The number of amides is 3. The van der Waals surface area contributed by atoms with Crippen LogP contribution in [0.3, 0.4) is 0 Å². The summed E-state index contributed by atoms with van der Waals surface area (Å²) in [5, 5.41) is 34.9. The minimum atomic E-state index is -1.40. The summed E-state index contributed by atoms with van der Waals surface area (Å²) in [6, 6.07) is 0.814. The van der Waals surface area contributed by atoms with Gasteiger partial charge in [-0.15, -0.1) is 0 Å². The number of hydrogen-bond acceptors (Lipinski definition) is 9. The van der Waals surface area contributed by atoms with Gasteiger partial charge in [-0.05, 0) is 36.1 Å². The molecule has 0 radical (unpaired) electrons. The highest BCUT2D eigenvalue weighted by Crippen LogP contribution is 2.12. The van der Waals surface area contributed by atoms with E-state index >= 15 is 0 Å². The quantitative estimate of drug-likeness (QED) is 0.129. The summed E-state index contributed by atoms with van der Waals surface area (Å²) in [7, 11) is 0. The minimum absolute atomic E-state index is 0.00246. The molecule has 1 aromatic carbocycles. The first-order valence-corrected chi connectivity index (χ1v) is 12.5. The fraction of sp³-hybridized carbons (Fsp3) is 0.476. The Morgan fingerprint density at radius 3 is 2.00 bits per heavy atom. The molecule has 3 amide bonds. The molecular formula is C21H30N4O8S2. The van der Waals surface area contributed by atoms with Crippen molar-refractivity contribution in [3.8, 4) is 5.75 Å². The summed E-state index contributed by atoms with van der Waals surface area (Å²) in [5.74, 6) is -4.67. The minimum Gasteiger partial charge on any atom is -0.508 e. The smallest absolute Gasteiger partial charge is 0.326 e. The SMILES string of the molecule is CSCCC(NC(=O)C(Cc1ccc(O)cc1)NC(=O)C(CS)NC(=O)C(N)CC(=O)O)C(=O)O. The lowest BCUT2D eigenvalue weighted by Gasteiger charge is -2.24. The van der Waals surface area contributed by atoms with Crippen LogP contribution in [0.25, 0.3) is 0 Å². The van der Waals surface area contributed by atoms with Gasteiger partial charge in [0.15, 0.2) is 0 Å². The van der Waals surface area contributed by atoms with Gasteiger partial charge < -0.3 is 37.0 Å². The number of rotatable bonds is 15. The van der Waals surface area contributed by atoms with Gasteiger partial charge in [0.25, 0.3) is 0 Å². The fourth-order valence-corrected chi connectivity index (χ4v) is 3.60. The molecule has 0 aliphatic carbocycles. The maximum absolute atomic E-state index is 13.0. The van der Waals surface area contributed by atoms with Crippen LogP contribution in [0, 0.1) is 0 Å². The highest BCUT2D eigenvalue weighted by molar-refractivity contribution is 7.98. The number of carbonyl (C=O) groups is 5. The Balaban J connectivity index is 3.03. The lowest BCUT2D eigenvalue weighted by Crippen LogP contribution is -2.58. The molecule has 1 rings (SSSR count). The molecule has 4 atom stereocenters. The zero-order valence-corrected chi connectivity index (χ0v) is 20.7. The lowest BCUT2D eigenvalue weighted by atomic mass is 10.0. The Hall–Kier alpha value is -2.97. The van der Waals surface area contributed by atoms with Crippen molar-refractivity contribution in [2.75, 3.05) is 17.8 Å². The van der Waals surface area contributed by atoms with Crippen LogP contribution in [-0.4, -0.2) is 86.9 Å². The van der Waals surface area contributed by atoms with Crippen LogP contribution >= 0.6 is 24.4 Å². The number of carbonyl (C=O) groups excluding carboxylic acids is 3. The Bertz CT molecular complexity index is 900. The standard InChI is InChI=1S/C21H30N4O8S2/c1-35-7-6-14(21(32)33)23-19(30)15(8-11-2-4-12(26)5-3-11)24-20(31)16(10-34)25-18(29)13(22)9-17(27)28/h2-5,13-16,26,34H,6-10,22H2,1H3,(H,23,30)(H,24,31)(H,25,29)(H,27,28)(H,32,33). The summed E-state index contributed by atoms with van der Waals surface area (Å²) in [6.45, 7) is 0. The molecule has 0 fully saturated rings. The topological polar surface area (TPSA) is 208 Å². The van der Waals surface area contributed by atoms with Crippen LogP contribution in [0.1, 0.15) is 18.4 Å². The predicted octanol–water partition coefficient (Wildman–Crippen LogP) is -1.04. The van der Waals surface area contributed by atoms with E-state index in [2.05, 4.69) is 28.6 Å². The Morgan fingerprint density at radius 2 is 1.49 bits per heavy atom. The number of aromatic hydroxyl groups is 1. The maximum atomic E-state index is 13.0. The van der Waals surface area contributed by atoms with Crippen molar-refractivity contribution >= 4 is 54.1 Å². The molecule has 0 aliphatic heterocycles. The molecule has 14 heteroatoms. The van der Waals surface area contributed by atoms with E-state index in [1.807, 2.05) is 0 Å². The summed E-state index contributed by atoms with van der Waals surface area (Å²) < 4.78 is 0. The second kappa shape index (κ2) is 15.1. The van der Waals surface area contributed by atoms with Crippen LogP contribution in [0.4, 0.5) is 0 Å². The van der Waals surface area contributed by atoms with Gasteiger partial charge in [-0.3, -0.25) is 19.2 Å². The third-order valence-electron chi connectivity index (χ3n) is 4.78. The molecule has 0 saturated heterocycles. The number of hydrogen-bond donors (Lipinski definition) is 8. The van der Waals surface area contributed by atoms with Gasteiger partial charge in [0, 0.05) is 12.2 Å². The molecular weight excluding hydrogens is 500 g/mol. The molecule has 35 heavy (non-hydrogen) atoms. The van der Waals surface area contributed by atoms with E-state index in [1.54, 1.807) is 6.26 Å². The fourth-order valence-electron chi connectivity index (χ4n) is 2.87. The van der Waals surface area contributed by atoms with E-state index < -0.39 is 60.2 Å². The van der Waals surface area contributed by atoms with Crippen molar-refractivity contribution in [2.24, 2.45) is 5.73 Å².